The maximum Gasteiger partial charge on any atom is 0.191 e. The van der Waals surface area contributed by atoms with Crippen LogP contribution in [-0.4, -0.2) is 79.0 Å². The van der Waals surface area contributed by atoms with Crippen LogP contribution in [0.5, 0.6) is 0 Å². The third-order valence-electron chi connectivity index (χ3n) is 3.99. The number of hydrogen-bond acceptors (Lipinski definition) is 5. The molecule has 1 saturated heterocycles. The largest absolute Gasteiger partial charge is 0.387 e. The van der Waals surface area contributed by atoms with Gasteiger partial charge in [0.2, 0.25) is 0 Å². The zero-order chi connectivity index (χ0) is 18.0. The van der Waals surface area contributed by atoms with E-state index in [1.165, 1.54) is 0 Å². The predicted octanol–water partition coefficient (Wildman–Crippen LogP) is 0.880. The smallest absolute Gasteiger partial charge is 0.191 e. The highest BCUT2D eigenvalue weighted by Gasteiger charge is 2.25. The highest BCUT2D eigenvalue weighted by molar-refractivity contribution is 14.0. The summed E-state index contributed by atoms with van der Waals surface area (Å²) in [5.74, 6) is 0.723. The normalized spacial score (nSPS) is 17.9. The average Bonchev–Trinajstić information content (AvgIpc) is 2.61. The van der Waals surface area contributed by atoms with Gasteiger partial charge in [-0.15, -0.1) is 24.0 Å². The Morgan fingerprint density at radius 3 is 2.77 bits per heavy atom. The van der Waals surface area contributed by atoms with Crippen molar-refractivity contribution in [3.8, 4) is 0 Å². The number of pyridine rings is 1. The molecule has 1 fully saturated rings. The number of halogens is 1. The van der Waals surface area contributed by atoms with Gasteiger partial charge in [-0.05, 0) is 26.0 Å². The molecule has 0 radical (unpaired) electrons. The average molecular weight is 477 g/mol. The van der Waals surface area contributed by atoms with Gasteiger partial charge in [0, 0.05) is 51.0 Å². The zero-order valence-electron chi connectivity index (χ0n) is 15.8. The lowest BCUT2D eigenvalue weighted by Crippen LogP contribution is -2.48. The molecule has 148 valence electrons. The van der Waals surface area contributed by atoms with Crippen molar-refractivity contribution in [2.45, 2.75) is 25.9 Å². The molecule has 1 aromatic heterocycles. The van der Waals surface area contributed by atoms with E-state index in [1.54, 1.807) is 6.20 Å². The number of nitrogens with zero attached hydrogens (tertiary/aromatic N) is 3. The lowest BCUT2D eigenvalue weighted by atomic mass is 10.1. The zero-order valence-corrected chi connectivity index (χ0v) is 18.1. The second-order valence-electron chi connectivity index (χ2n) is 6.58. The summed E-state index contributed by atoms with van der Waals surface area (Å²) in [6.45, 7) is 9.54. The van der Waals surface area contributed by atoms with E-state index in [0.717, 1.165) is 57.5 Å². The number of morpholine rings is 1. The Bertz CT molecular complexity index is 522. The number of nitrogens with one attached hydrogen (secondary N) is 2. The SMILES string of the molecule is CCNC(=NCC(C)(O)CN1CCOCC1)NCCc1ccccn1.I. The molecule has 1 aliphatic heterocycles. The first kappa shape index (κ1) is 23.1. The summed E-state index contributed by atoms with van der Waals surface area (Å²) in [4.78, 5) is 11.1. The van der Waals surface area contributed by atoms with E-state index < -0.39 is 5.60 Å². The molecule has 2 rings (SSSR count). The van der Waals surface area contributed by atoms with Crippen LogP contribution in [0.25, 0.3) is 0 Å². The first-order chi connectivity index (χ1) is 12.1. The Kier molecular flexibility index (Phi) is 11.0. The molecule has 3 N–H and O–H groups in total. The summed E-state index contributed by atoms with van der Waals surface area (Å²) in [6, 6.07) is 5.92. The van der Waals surface area contributed by atoms with Crippen LogP contribution in [0.4, 0.5) is 0 Å². The van der Waals surface area contributed by atoms with Crippen LogP contribution in [0.3, 0.4) is 0 Å². The van der Waals surface area contributed by atoms with Crippen molar-refractivity contribution >= 4 is 29.9 Å². The molecule has 0 amide bonds. The summed E-state index contributed by atoms with van der Waals surface area (Å²) in [5, 5.41) is 17.2. The predicted molar refractivity (Wildman–Crippen MR) is 115 cm³/mol. The van der Waals surface area contributed by atoms with Gasteiger partial charge in [-0.3, -0.25) is 14.9 Å². The van der Waals surface area contributed by atoms with Crippen LogP contribution in [0.1, 0.15) is 19.5 Å². The standard InChI is InChI=1S/C18H31N5O2.HI/c1-3-19-17(21-9-7-16-6-4-5-8-20-16)22-14-18(2,24)15-23-10-12-25-13-11-23;/h4-6,8,24H,3,7,9-15H2,1-2H3,(H2,19,21,22);1H. The summed E-state index contributed by atoms with van der Waals surface area (Å²) < 4.78 is 5.35. The Morgan fingerprint density at radius 2 is 2.12 bits per heavy atom. The fraction of sp³-hybridized carbons (Fsp3) is 0.667. The minimum absolute atomic E-state index is 0. The molecule has 2 heterocycles. The molecule has 1 aliphatic rings. The molecule has 0 aliphatic carbocycles. The van der Waals surface area contributed by atoms with Gasteiger partial charge < -0.3 is 20.5 Å². The van der Waals surface area contributed by atoms with E-state index in [9.17, 15) is 5.11 Å². The van der Waals surface area contributed by atoms with Crippen molar-refractivity contribution in [3.63, 3.8) is 0 Å². The van der Waals surface area contributed by atoms with Crippen LogP contribution in [0.15, 0.2) is 29.4 Å². The minimum atomic E-state index is -0.860. The van der Waals surface area contributed by atoms with E-state index in [0.29, 0.717) is 13.1 Å². The fourth-order valence-electron chi connectivity index (χ4n) is 2.74. The van der Waals surface area contributed by atoms with Gasteiger partial charge in [-0.2, -0.15) is 0 Å². The molecule has 0 bridgehead atoms. The number of guanidine groups is 1. The highest BCUT2D eigenvalue weighted by Crippen LogP contribution is 2.09. The first-order valence-electron chi connectivity index (χ1n) is 9.03. The lowest BCUT2D eigenvalue weighted by molar-refractivity contribution is -0.0179. The molecular formula is C18H32IN5O2. The summed E-state index contributed by atoms with van der Waals surface area (Å²) in [6.07, 6.45) is 2.63. The Labute approximate surface area is 173 Å². The van der Waals surface area contributed by atoms with Crippen molar-refractivity contribution < 1.29 is 9.84 Å². The van der Waals surface area contributed by atoms with Gasteiger partial charge in [-0.1, -0.05) is 6.07 Å². The van der Waals surface area contributed by atoms with Crippen molar-refractivity contribution in [1.82, 2.24) is 20.5 Å². The molecule has 8 heteroatoms. The number of ether oxygens (including phenoxy) is 1. The third-order valence-corrected chi connectivity index (χ3v) is 3.99. The Morgan fingerprint density at radius 1 is 1.35 bits per heavy atom. The van der Waals surface area contributed by atoms with Crippen molar-refractivity contribution in [2.75, 3.05) is 52.5 Å². The van der Waals surface area contributed by atoms with Gasteiger partial charge in [-0.25, -0.2) is 0 Å². The summed E-state index contributed by atoms with van der Waals surface area (Å²) in [5.41, 5.74) is 0.186. The quantitative estimate of drug-likeness (QED) is 0.293. The monoisotopic (exact) mass is 477 g/mol. The van der Waals surface area contributed by atoms with E-state index in [-0.39, 0.29) is 24.0 Å². The molecular weight excluding hydrogens is 445 g/mol. The second-order valence-corrected chi connectivity index (χ2v) is 6.58. The Hall–Kier alpha value is -0.970. The number of β-amino-alcohol motifs (C(OH)–C–C–N with tert-alkyl or cyclic N) is 1. The van der Waals surface area contributed by atoms with E-state index in [2.05, 4.69) is 25.5 Å². The summed E-state index contributed by atoms with van der Waals surface area (Å²) in [7, 11) is 0. The molecule has 7 nitrogen and oxygen atoms in total. The number of rotatable bonds is 8. The molecule has 0 spiro atoms. The molecule has 0 saturated carbocycles. The molecule has 1 atom stereocenters. The van der Waals surface area contributed by atoms with Crippen LogP contribution >= 0.6 is 24.0 Å². The van der Waals surface area contributed by atoms with Crippen molar-refractivity contribution in [3.05, 3.63) is 30.1 Å². The first-order valence-corrected chi connectivity index (χ1v) is 9.03. The number of hydrogen-bond donors (Lipinski definition) is 3. The van der Waals surface area contributed by atoms with E-state index >= 15 is 0 Å². The molecule has 26 heavy (non-hydrogen) atoms. The Balaban J connectivity index is 0.00000338. The lowest BCUT2D eigenvalue weighted by Gasteiger charge is -2.33. The number of aliphatic imine (C=N–C) groups is 1. The van der Waals surface area contributed by atoms with Crippen molar-refractivity contribution in [2.24, 2.45) is 4.99 Å². The number of aliphatic hydroxyl groups is 1. The van der Waals surface area contributed by atoms with Gasteiger partial charge in [0.25, 0.3) is 0 Å². The van der Waals surface area contributed by atoms with Gasteiger partial charge in [0.05, 0.1) is 25.4 Å². The van der Waals surface area contributed by atoms with E-state index in [4.69, 9.17) is 4.74 Å². The molecule has 0 aromatic carbocycles. The number of aromatic nitrogens is 1. The highest BCUT2D eigenvalue weighted by atomic mass is 127. The van der Waals surface area contributed by atoms with Crippen LogP contribution in [0.2, 0.25) is 0 Å². The van der Waals surface area contributed by atoms with Crippen LogP contribution in [0, 0.1) is 0 Å². The van der Waals surface area contributed by atoms with Gasteiger partial charge >= 0.3 is 0 Å². The molecule has 1 aromatic rings. The maximum absolute atomic E-state index is 10.6. The summed E-state index contributed by atoms with van der Waals surface area (Å²) >= 11 is 0. The van der Waals surface area contributed by atoms with Crippen LogP contribution < -0.4 is 10.6 Å². The topological polar surface area (TPSA) is 82.0 Å². The van der Waals surface area contributed by atoms with Crippen molar-refractivity contribution in [1.29, 1.82) is 0 Å². The van der Waals surface area contributed by atoms with E-state index in [1.807, 2.05) is 32.0 Å². The minimum Gasteiger partial charge on any atom is -0.387 e. The second kappa shape index (κ2) is 12.4. The van der Waals surface area contributed by atoms with Crippen LogP contribution in [-0.2, 0) is 11.2 Å². The third kappa shape index (κ3) is 9.11. The van der Waals surface area contributed by atoms with Gasteiger partial charge in [0.15, 0.2) is 5.96 Å². The maximum atomic E-state index is 10.6. The van der Waals surface area contributed by atoms with Gasteiger partial charge in [0.1, 0.15) is 0 Å². The fourth-order valence-corrected chi connectivity index (χ4v) is 2.74. The molecule has 1 unspecified atom stereocenters.